The van der Waals surface area contributed by atoms with Crippen molar-refractivity contribution in [2.75, 3.05) is 39.4 Å². The number of likely N-dealkylation sites (tertiary alicyclic amines) is 1. The normalized spacial score (nSPS) is 23.7. The summed E-state index contributed by atoms with van der Waals surface area (Å²) in [6.07, 6.45) is 4.38. The van der Waals surface area contributed by atoms with Gasteiger partial charge in [-0.1, -0.05) is 19.1 Å². The molecule has 0 aromatic heterocycles. The van der Waals surface area contributed by atoms with Crippen LogP contribution < -0.4 is 5.32 Å². The summed E-state index contributed by atoms with van der Waals surface area (Å²) >= 11 is 0. The number of ether oxygens (including phenoxy) is 1. The van der Waals surface area contributed by atoms with Crippen LogP contribution in [0.4, 0.5) is 4.39 Å². The monoisotopic (exact) mass is 361 g/mol. The summed E-state index contributed by atoms with van der Waals surface area (Å²) in [7, 11) is 0. The number of guanidine groups is 1. The first kappa shape index (κ1) is 19.2. The first-order valence-corrected chi connectivity index (χ1v) is 10.00. The van der Waals surface area contributed by atoms with Crippen molar-refractivity contribution in [1.29, 1.82) is 0 Å². The van der Waals surface area contributed by atoms with Crippen LogP contribution in [0.15, 0.2) is 29.3 Å². The molecule has 1 aromatic rings. The molecule has 2 heterocycles. The molecule has 1 atom stereocenters. The number of nitrogens with one attached hydrogen (secondary N) is 1. The number of aliphatic imine (C=N–C) groups is 1. The van der Waals surface area contributed by atoms with Crippen LogP contribution >= 0.6 is 0 Å². The van der Waals surface area contributed by atoms with Crippen LogP contribution in [0.1, 0.15) is 45.1 Å². The molecule has 144 valence electrons. The molecule has 0 bridgehead atoms. The van der Waals surface area contributed by atoms with Gasteiger partial charge in [0.15, 0.2) is 5.96 Å². The van der Waals surface area contributed by atoms with Crippen molar-refractivity contribution < 1.29 is 9.13 Å². The van der Waals surface area contributed by atoms with E-state index in [0.717, 1.165) is 58.2 Å². The maximum absolute atomic E-state index is 13.4. The smallest absolute Gasteiger partial charge is 0.193 e. The number of benzene rings is 1. The van der Waals surface area contributed by atoms with Crippen LogP contribution in [0.5, 0.6) is 0 Å². The summed E-state index contributed by atoms with van der Waals surface area (Å²) < 4.78 is 19.0. The summed E-state index contributed by atoms with van der Waals surface area (Å²) in [6.45, 7) is 9.64. The lowest BCUT2D eigenvalue weighted by atomic mass is 9.74. The Balaban J connectivity index is 1.82. The van der Waals surface area contributed by atoms with Crippen LogP contribution in [0.3, 0.4) is 0 Å². The summed E-state index contributed by atoms with van der Waals surface area (Å²) in [5.41, 5.74) is 1.11. The minimum absolute atomic E-state index is 0.0615. The van der Waals surface area contributed by atoms with Crippen LogP contribution in [-0.4, -0.2) is 50.3 Å². The van der Waals surface area contributed by atoms with E-state index in [-0.39, 0.29) is 11.2 Å². The maximum atomic E-state index is 13.4. The highest BCUT2D eigenvalue weighted by Crippen LogP contribution is 2.35. The van der Waals surface area contributed by atoms with Crippen molar-refractivity contribution in [3.8, 4) is 0 Å². The molecular formula is C21H32FN3O. The van der Waals surface area contributed by atoms with Crippen LogP contribution in [0.25, 0.3) is 0 Å². The molecule has 1 unspecified atom stereocenters. The molecular weight excluding hydrogens is 329 g/mol. The Labute approximate surface area is 156 Å². The molecule has 2 aliphatic rings. The van der Waals surface area contributed by atoms with Gasteiger partial charge in [0.05, 0.1) is 6.54 Å². The van der Waals surface area contributed by atoms with E-state index in [0.29, 0.717) is 5.92 Å². The van der Waals surface area contributed by atoms with E-state index in [4.69, 9.17) is 9.73 Å². The lowest BCUT2D eigenvalue weighted by Gasteiger charge is -2.38. The predicted molar refractivity (Wildman–Crippen MR) is 104 cm³/mol. The topological polar surface area (TPSA) is 36.9 Å². The lowest BCUT2D eigenvalue weighted by Crippen LogP contribution is -2.47. The highest BCUT2D eigenvalue weighted by atomic mass is 19.1. The number of hydrogen-bond donors (Lipinski definition) is 1. The fourth-order valence-corrected chi connectivity index (χ4v) is 4.14. The molecule has 0 radical (unpaired) electrons. The molecule has 1 N–H and O–H groups in total. The third kappa shape index (κ3) is 4.56. The average molecular weight is 362 g/mol. The Morgan fingerprint density at radius 1 is 1.31 bits per heavy atom. The van der Waals surface area contributed by atoms with Crippen molar-refractivity contribution in [2.24, 2.45) is 10.9 Å². The molecule has 0 saturated carbocycles. The van der Waals surface area contributed by atoms with Gasteiger partial charge >= 0.3 is 0 Å². The second-order valence-corrected chi connectivity index (χ2v) is 7.76. The lowest BCUT2D eigenvalue weighted by molar-refractivity contribution is 0.0529. The fraction of sp³-hybridized carbons (Fsp3) is 0.667. The fourth-order valence-electron chi connectivity index (χ4n) is 4.14. The van der Waals surface area contributed by atoms with Crippen LogP contribution in [0.2, 0.25) is 0 Å². The van der Waals surface area contributed by atoms with Gasteiger partial charge < -0.3 is 15.0 Å². The second kappa shape index (κ2) is 8.85. The van der Waals surface area contributed by atoms with E-state index < -0.39 is 0 Å². The number of hydrogen-bond acceptors (Lipinski definition) is 2. The quantitative estimate of drug-likeness (QED) is 0.658. The van der Waals surface area contributed by atoms with Gasteiger partial charge in [-0.25, -0.2) is 4.39 Å². The molecule has 2 fully saturated rings. The minimum Gasteiger partial charge on any atom is -0.381 e. The van der Waals surface area contributed by atoms with Gasteiger partial charge in [0.2, 0.25) is 0 Å². The predicted octanol–water partition coefficient (Wildman–Crippen LogP) is 3.57. The number of nitrogens with zero attached hydrogens (tertiary/aromatic N) is 2. The zero-order valence-corrected chi connectivity index (χ0v) is 16.1. The van der Waals surface area contributed by atoms with Gasteiger partial charge in [-0.15, -0.1) is 0 Å². The van der Waals surface area contributed by atoms with E-state index in [1.807, 2.05) is 12.1 Å². The molecule has 26 heavy (non-hydrogen) atoms. The van der Waals surface area contributed by atoms with Gasteiger partial charge in [-0.05, 0) is 56.2 Å². The maximum Gasteiger partial charge on any atom is 0.193 e. The summed E-state index contributed by atoms with van der Waals surface area (Å²) in [6, 6.07) is 6.97. The molecule has 2 saturated heterocycles. The van der Waals surface area contributed by atoms with Gasteiger partial charge in [0.25, 0.3) is 0 Å². The van der Waals surface area contributed by atoms with Gasteiger partial charge in [0.1, 0.15) is 5.82 Å². The third-order valence-corrected chi connectivity index (χ3v) is 5.73. The van der Waals surface area contributed by atoms with Crippen LogP contribution in [-0.2, 0) is 10.2 Å². The Bertz CT molecular complexity index is 596. The van der Waals surface area contributed by atoms with Gasteiger partial charge in [0, 0.05) is 38.3 Å². The molecule has 0 amide bonds. The zero-order chi connectivity index (χ0) is 18.4. The van der Waals surface area contributed by atoms with E-state index >= 15 is 0 Å². The first-order chi connectivity index (χ1) is 12.6. The summed E-state index contributed by atoms with van der Waals surface area (Å²) in [5.74, 6) is 1.55. The highest BCUT2D eigenvalue weighted by molar-refractivity contribution is 5.80. The second-order valence-electron chi connectivity index (χ2n) is 7.76. The standard InChI is InChI=1S/C21H32FN3O/c1-3-23-20(25-12-4-5-17(2)15-25)24-16-21(10-13-26-14-11-21)18-6-8-19(22)9-7-18/h6-9,17H,3-5,10-16H2,1-2H3,(H,23,24). The van der Waals surface area contributed by atoms with Gasteiger partial charge in [-0.2, -0.15) is 0 Å². The minimum atomic E-state index is -0.185. The van der Waals surface area contributed by atoms with Crippen molar-refractivity contribution >= 4 is 5.96 Å². The van der Waals surface area contributed by atoms with Crippen LogP contribution in [0, 0.1) is 11.7 Å². The van der Waals surface area contributed by atoms with E-state index in [1.165, 1.54) is 18.4 Å². The zero-order valence-electron chi connectivity index (χ0n) is 16.1. The molecule has 3 rings (SSSR count). The van der Waals surface area contributed by atoms with Crippen molar-refractivity contribution in [3.05, 3.63) is 35.6 Å². The number of rotatable bonds is 4. The third-order valence-electron chi connectivity index (χ3n) is 5.73. The SMILES string of the molecule is CCNC(=NCC1(c2ccc(F)cc2)CCOCC1)N1CCCC(C)C1. The van der Waals surface area contributed by atoms with E-state index in [1.54, 1.807) is 12.1 Å². The number of piperidine rings is 1. The molecule has 1 aromatic carbocycles. The van der Waals surface area contributed by atoms with E-state index in [9.17, 15) is 4.39 Å². The molecule has 4 nitrogen and oxygen atoms in total. The largest absolute Gasteiger partial charge is 0.381 e. The highest BCUT2D eigenvalue weighted by Gasteiger charge is 2.35. The number of halogens is 1. The Morgan fingerprint density at radius 2 is 2.04 bits per heavy atom. The van der Waals surface area contributed by atoms with Crippen molar-refractivity contribution in [1.82, 2.24) is 10.2 Å². The Kier molecular flexibility index (Phi) is 6.52. The summed E-state index contributed by atoms with van der Waals surface area (Å²) in [4.78, 5) is 7.45. The Hall–Kier alpha value is -1.62. The summed E-state index contributed by atoms with van der Waals surface area (Å²) in [5, 5.41) is 3.47. The molecule has 0 aliphatic carbocycles. The first-order valence-electron chi connectivity index (χ1n) is 10.00. The van der Waals surface area contributed by atoms with Gasteiger partial charge in [-0.3, -0.25) is 4.99 Å². The molecule has 0 spiro atoms. The molecule has 2 aliphatic heterocycles. The Morgan fingerprint density at radius 3 is 2.69 bits per heavy atom. The van der Waals surface area contributed by atoms with Crippen molar-refractivity contribution in [3.63, 3.8) is 0 Å². The molecule has 5 heteroatoms. The average Bonchev–Trinajstić information content (AvgIpc) is 2.66. The van der Waals surface area contributed by atoms with E-state index in [2.05, 4.69) is 24.1 Å². The van der Waals surface area contributed by atoms with Crippen molar-refractivity contribution in [2.45, 2.75) is 44.9 Å².